The van der Waals surface area contributed by atoms with Crippen LogP contribution in [0, 0.1) is 5.82 Å². The van der Waals surface area contributed by atoms with Crippen LogP contribution in [0.25, 0.3) is 22.0 Å². The number of halogens is 1. The average Bonchev–Trinajstić information content (AvgIpc) is 3.32. The van der Waals surface area contributed by atoms with Gasteiger partial charge in [0.25, 0.3) is 0 Å². The van der Waals surface area contributed by atoms with Gasteiger partial charge >= 0.3 is 12.0 Å². The fourth-order valence-corrected chi connectivity index (χ4v) is 5.48. The number of anilines is 1. The number of hydrogen-bond acceptors (Lipinski definition) is 4. The maximum absolute atomic E-state index is 15.0. The van der Waals surface area contributed by atoms with Crippen LogP contribution < -0.4 is 4.90 Å². The maximum Gasteiger partial charge on any atom is 0.337 e. The number of fused-ring (bicyclic) bond motifs is 1. The van der Waals surface area contributed by atoms with Gasteiger partial charge in [-0.1, -0.05) is 24.3 Å². The molecule has 0 bridgehead atoms. The molecule has 1 aliphatic heterocycles. The number of benzene rings is 3. The van der Waals surface area contributed by atoms with Gasteiger partial charge in [-0.2, -0.15) is 11.8 Å². The Kier molecular flexibility index (Phi) is 7.19. The van der Waals surface area contributed by atoms with E-state index in [0.717, 1.165) is 39.6 Å². The summed E-state index contributed by atoms with van der Waals surface area (Å²) < 4.78 is 21.8. The summed E-state index contributed by atoms with van der Waals surface area (Å²) in [5.41, 5.74) is 4.42. The zero-order valence-corrected chi connectivity index (χ0v) is 21.6. The van der Waals surface area contributed by atoms with Crippen LogP contribution in [0.1, 0.15) is 15.9 Å². The Labute approximate surface area is 219 Å². The average molecular weight is 518 g/mol. The summed E-state index contributed by atoms with van der Waals surface area (Å²) in [6, 6.07) is 20.3. The number of aryl methyl sites for hydroxylation is 1. The number of amides is 2. The number of nitrogens with zero attached hydrogens (tertiary/aromatic N) is 3. The number of urea groups is 1. The van der Waals surface area contributed by atoms with Crippen LogP contribution in [-0.4, -0.2) is 53.2 Å². The van der Waals surface area contributed by atoms with Gasteiger partial charge in [0.2, 0.25) is 0 Å². The first-order valence-corrected chi connectivity index (χ1v) is 13.3. The van der Waals surface area contributed by atoms with Crippen molar-refractivity contribution in [3.05, 3.63) is 89.9 Å². The molecule has 3 aromatic carbocycles. The van der Waals surface area contributed by atoms with Crippen molar-refractivity contribution < 1.29 is 18.7 Å². The predicted molar refractivity (Wildman–Crippen MR) is 147 cm³/mol. The van der Waals surface area contributed by atoms with E-state index in [1.54, 1.807) is 4.90 Å². The minimum absolute atomic E-state index is 0.0467. The Balaban J connectivity index is 1.45. The minimum atomic E-state index is -0.603. The van der Waals surface area contributed by atoms with Crippen LogP contribution in [0.2, 0.25) is 0 Å². The fourth-order valence-electron chi connectivity index (χ4n) is 4.58. The van der Waals surface area contributed by atoms with Crippen molar-refractivity contribution >= 4 is 40.4 Å². The van der Waals surface area contributed by atoms with E-state index in [1.807, 2.05) is 54.2 Å². The molecule has 1 aliphatic rings. The zero-order chi connectivity index (χ0) is 25.9. The molecule has 0 unspecified atom stereocenters. The standard InChI is InChI=1S/C29H28FN3O3S/c1-31-12-11-22-17-21(7-10-27(22)31)20-5-8-25(9-6-20)33(29(35)32-13-15-37-16-14-32)19-24-4-3-23(18-26(24)30)28(34)36-2/h3-12,17-18H,13-16,19H2,1-2H3. The summed E-state index contributed by atoms with van der Waals surface area (Å²) in [5, 5.41) is 1.16. The second kappa shape index (κ2) is 10.7. The Hall–Kier alpha value is -3.78. The van der Waals surface area contributed by atoms with Gasteiger partial charge in [-0.25, -0.2) is 14.0 Å². The van der Waals surface area contributed by atoms with Gasteiger partial charge in [-0.15, -0.1) is 0 Å². The predicted octanol–water partition coefficient (Wildman–Crippen LogP) is 5.95. The summed E-state index contributed by atoms with van der Waals surface area (Å²) >= 11 is 1.82. The first kappa shape index (κ1) is 24.9. The summed E-state index contributed by atoms with van der Waals surface area (Å²) in [4.78, 5) is 28.8. The van der Waals surface area contributed by atoms with Crippen molar-refractivity contribution in [3.63, 3.8) is 0 Å². The second-order valence-corrected chi connectivity index (χ2v) is 10.2. The topological polar surface area (TPSA) is 54.8 Å². The van der Waals surface area contributed by atoms with Crippen molar-refractivity contribution in [1.29, 1.82) is 0 Å². The molecule has 2 heterocycles. The molecule has 8 heteroatoms. The molecule has 4 aromatic rings. The lowest BCUT2D eigenvalue weighted by atomic mass is 10.0. The number of carbonyl (C=O) groups is 2. The van der Waals surface area contributed by atoms with Gasteiger partial charge in [0.15, 0.2) is 0 Å². The van der Waals surface area contributed by atoms with E-state index >= 15 is 0 Å². The molecular weight excluding hydrogens is 489 g/mol. The molecule has 37 heavy (non-hydrogen) atoms. The van der Waals surface area contributed by atoms with Gasteiger partial charge in [0.1, 0.15) is 5.82 Å². The summed E-state index contributed by atoms with van der Waals surface area (Å²) in [6.45, 7) is 1.35. The van der Waals surface area contributed by atoms with Crippen molar-refractivity contribution in [2.75, 3.05) is 36.6 Å². The number of carbonyl (C=O) groups excluding carboxylic acids is 2. The van der Waals surface area contributed by atoms with Crippen molar-refractivity contribution in [2.24, 2.45) is 7.05 Å². The largest absolute Gasteiger partial charge is 0.465 e. The van der Waals surface area contributed by atoms with Crippen LogP contribution in [0.5, 0.6) is 0 Å². The summed E-state index contributed by atoms with van der Waals surface area (Å²) in [7, 11) is 3.28. The first-order valence-electron chi connectivity index (χ1n) is 12.1. The third-order valence-corrected chi connectivity index (χ3v) is 7.66. The highest BCUT2D eigenvalue weighted by molar-refractivity contribution is 7.99. The number of esters is 1. The van der Waals surface area contributed by atoms with Gasteiger partial charge < -0.3 is 14.2 Å². The highest BCUT2D eigenvalue weighted by Gasteiger charge is 2.25. The van der Waals surface area contributed by atoms with Crippen LogP contribution in [0.4, 0.5) is 14.9 Å². The second-order valence-electron chi connectivity index (χ2n) is 9.01. The lowest BCUT2D eigenvalue weighted by Gasteiger charge is -2.33. The molecule has 6 nitrogen and oxygen atoms in total. The van der Waals surface area contributed by atoms with Gasteiger partial charge in [0, 0.05) is 60.0 Å². The summed E-state index contributed by atoms with van der Waals surface area (Å²) in [6.07, 6.45) is 2.04. The molecule has 0 radical (unpaired) electrons. The van der Waals surface area contributed by atoms with Crippen LogP contribution in [0.3, 0.4) is 0 Å². The number of methoxy groups -OCH3 is 1. The van der Waals surface area contributed by atoms with E-state index in [2.05, 4.69) is 28.8 Å². The SMILES string of the molecule is COC(=O)c1ccc(CN(C(=O)N2CCSCC2)c2ccc(-c3ccc4c(ccn4C)c3)cc2)c(F)c1. The molecular formula is C29H28FN3O3S. The molecule has 5 rings (SSSR count). The Morgan fingerprint density at radius 2 is 1.70 bits per heavy atom. The first-order chi connectivity index (χ1) is 17.9. The normalized spacial score (nSPS) is 13.5. The van der Waals surface area contributed by atoms with Crippen molar-refractivity contribution in [1.82, 2.24) is 9.47 Å². The molecule has 1 saturated heterocycles. The fraction of sp³-hybridized carbons (Fsp3) is 0.241. The van der Waals surface area contributed by atoms with E-state index in [4.69, 9.17) is 4.74 Å². The van der Waals surface area contributed by atoms with E-state index in [0.29, 0.717) is 24.3 Å². The maximum atomic E-state index is 15.0. The highest BCUT2D eigenvalue weighted by atomic mass is 32.2. The molecule has 0 N–H and O–H groups in total. The number of aromatic nitrogens is 1. The van der Waals surface area contributed by atoms with Crippen LogP contribution >= 0.6 is 11.8 Å². The van der Waals surface area contributed by atoms with E-state index in [-0.39, 0.29) is 18.1 Å². The smallest absolute Gasteiger partial charge is 0.337 e. The van der Waals surface area contributed by atoms with Gasteiger partial charge in [0.05, 0.1) is 19.2 Å². The van der Waals surface area contributed by atoms with E-state index < -0.39 is 11.8 Å². The molecule has 190 valence electrons. The Morgan fingerprint density at radius 1 is 0.973 bits per heavy atom. The van der Waals surface area contributed by atoms with Crippen LogP contribution in [-0.2, 0) is 18.3 Å². The molecule has 1 fully saturated rings. The zero-order valence-electron chi connectivity index (χ0n) is 20.8. The molecule has 0 atom stereocenters. The third kappa shape index (κ3) is 5.20. The lowest BCUT2D eigenvalue weighted by Crippen LogP contribution is -2.46. The van der Waals surface area contributed by atoms with E-state index in [9.17, 15) is 14.0 Å². The Bertz CT molecular complexity index is 1440. The lowest BCUT2D eigenvalue weighted by molar-refractivity contribution is 0.0600. The number of thioether (sulfide) groups is 1. The van der Waals surface area contributed by atoms with Crippen LogP contribution in [0.15, 0.2) is 72.9 Å². The molecule has 0 saturated carbocycles. The highest BCUT2D eigenvalue weighted by Crippen LogP contribution is 2.29. The summed E-state index contributed by atoms with van der Waals surface area (Å²) in [5.74, 6) is 0.599. The van der Waals surface area contributed by atoms with Gasteiger partial charge in [-0.3, -0.25) is 4.90 Å². The quantitative estimate of drug-likeness (QED) is 0.307. The number of ether oxygens (including phenoxy) is 1. The Morgan fingerprint density at radius 3 is 2.41 bits per heavy atom. The minimum Gasteiger partial charge on any atom is -0.465 e. The number of hydrogen-bond donors (Lipinski definition) is 0. The van der Waals surface area contributed by atoms with Crippen molar-refractivity contribution in [2.45, 2.75) is 6.54 Å². The monoisotopic (exact) mass is 517 g/mol. The third-order valence-electron chi connectivity index (χ3n) is 6.71. The molecule has 1 aromatic heterocycles. The van der Waals surface area contributed by atoms with Crippen molar-refractivity contribution in [3.8, 4) is 11.1 Å². The van der Waals surface area contributed by atoms with Gasteiger partial charge in [-0.05, 0) is 53.6 Å². The molecule has 0 aliphatic carbocycles. The van der Waals surface area contributed by atoms with E-state index in [1.165, 1.54) is 19.2 Å². The number of rotatable bonds is 5. The molecule has 0 spiro atoms. The molecule has 2 amide bonds.